The minimum atomic E-state index is -4.08. The van der Waals surface area contributed by atoms with E-state index in [0.29, 0.717) is 12.8 Å². The van der Waals surface area contributed by atoms with E-state index >= 15 is 0 Å². The molecule has 112 valence electrons. The molecule has 0 spiro atoms. The first kappa shape index (κ1) is 16.3. The largest absolute Gasteiger partial charge is 0.480 e. The molecule has 0 bridgehead atoms. The van der Waals surface area contributed by atoms with Crippen LogP contribution in [-0.2, 0) is 15.0 Å². The highest BCUT2D eigenvalue weighted by Crippen LogP contribution is 2.21. The van der Waals surface area contributed by atoms with Gasteiger partial charge in [-0.05, 0) is 26.2 Å². The Kier molecular flexibility index (Phi) is 5.27. The lowest BCUT2D eigenvalue weighted by Gasteiger charge is -2.35. The number of nitrogens with one attached hydrogen (secondary N) is 1. The third-order valence-electron chi connectivity index (χ3n) is 3.12. The Labute approximate surface area is 112 Å². The lowest BCUT2D eigenvalue weighted by molar-refractivity contribution is -0.142. The predicted octanol–water partition coefficient (Wildman–Crippen LogP) is -1.50. The van der Waals surface area contributed by atoms with Crippen LogP contribution < -0.4 is 4.72 Å². The maximum atomic E-state index is 12.2. The van der Waals surface area contributed by atoms with Crippen molar-refractivity contribution in [2.24, 2.45) is 0 Å². The summed E-state index contributed by atoms with van der Waals surface area (Å²) >= 11 is 0. The van der Waals surface area contributed by atoms with Gasteiger partial charge >= 0.3 is 5.97 Å². The van der Waals surface area contributed by atoms with E-state index in [1.54, 1.807) is 0 Å². The number of hydrogen-bond acceptors (Lipinski definition) is 5. The summed E-state index contributed by atoms with van der Waals surface area (Å²) in [5.74, 6) is -1.19. The van der Waals surface area contributed by atoms with E-state index in [1.165, 1.54) is 6.92 Å². The molecule has 0 amide bonds. The van der Waals surface area contributed by atoms with Crippen LogP contribution in [0, 0.1) is 0 Å². The van der Waals surface area contributed by atoms with E-state index in [4.69, 9.17) is 15.3 Å². The molecule has 1 fully saturated rings. The third-order valence-corrected chi connectivity index (χ3v) is 4.93. The molecule has 1 aliphatic heterocycles. The van der Waals surface area contributed by atoms with Crippen molar-refractivity contribution < 1.29 is 28.5 Å². The number of aliphatic hydroxyl groups excluding tert-OH is 2. The first-order valence-corrected chi connectivity index (χ1v) is 7.45. The molecule has 1 atom stereocenters. The first-order valence-electron chi connectivity index (χ1n) is 6.01. The van der Waals surface area contributed by atoms with Gasteiger partial charge in [0.15, 0.2) is 0 Å². The average Bonchev–Trinajstić information content (AvgIpc) is 2.38. The highest BCUT2D eigenvalue weighted by Gasteiger charge is 2.40. The summed E-state index contributed by atoms with van der Waals surface area (Å²) in [7, 11) is -4.08. The molecule has 19 heavy (non-hydrogen) atoms. The zero-order valence-electron chi connectivity index (χ0n) is 10.7. The van der Waals surface area contributed by atoms with E-state index in [2.05, 4.69) is 4.72 Å². The second-order valence-electron chi connectivity index (χ2n) is 4.94. The lowest BCUT2D eigenvalue weighted by Crippen LogP contribution is -2.59. The van der Waals surface area contributed by atoms with Gasteiger partial charge in [-0.15, -0.1) is 0 Å². The van der Waals surface area contributed by atoms with E-state index in [1.807, 2.05) is 0 Å². The quantitative estimate of drug-likeness (QED) is 0.472. The van der Waals surface area contributed by atoms with Gasteiger partial charge in [0, 0.05) is 6.54 Å². The van der Waals surface area contributed by atoms with Crippen molar-refractivity contribution in [3.63, 3.8) is 0 Å². The van der Waals surface area contributed by atoms with Crippen molar-refractivity contribution in [3.8, 4) is 0 Å². The zero-order chi connectivity index (χ0) is 14.7. The van der Waals surface area contributed by atoms with Gasteiger partial charge in [-0.2, -0.15) is 17.4 Å². The molecule has 1 unspecified atom stereocenters. The number of carboxylic acids is 1. The Balaban J connectivity index is 2.94. The molecule has 0 saturated carbocycles. The summed E-state index contributed by atoms with van der Waals surface area (Å²) < 4.78 is 27.4. The molecule has 1 saturated heterocycles. The molecule has 1 rings (SSSR count). The molecule has 0 aromatic rings. The summed E-state index contributed by atoms with van der Waals surface area (Å²) in [5.41, 5.74) is -1.42. The van der Waals surface area contributed by atoms with Crippen molar-refractivity contribution in [3.05, 3.63) is 0 Å². The van der Waals surface area contributed by atoms with Gasteiger partial charge in [-0.25, -0.2) is 0 Å². The minimum Gasteiger partial charge on any atom is -0.480 e. The maximum absolute atomic E-state index is 12.2. The number of carboxylic acid groups (broad SMARTS) is 1. The average molecular weight is 296 g/mol. The van der Waals surface area contributed by atoms with E-state index in [9.17, 15) is 13.2 Å². The third kappa shape index (κ3) is 3.86. The van der Waals surface area contributed by atoms with Crippen LogP contribution in [-0.4, -0.2) is 65.4 Å². The van der Waals surface area contributed by atoms with Gasteiger partial charge < -0.3 is 15.3 Å². The normalized spacial score (nSPS) is 22.4. The van der Waals surface area contributed by atoms with Gasteiger partial charge in [0.1, 0.15) is 6.04 Å². The van der Waals surface area contributed by atoms with E-state index in [-0.39, 0.29) is 13.0 Å². The molecule has 0 radical (unpaired) electrons. The number of aliphatic hydroxyl groups is 2. The second kappa shape index (κ2) is 6.14. The molecular formula is C10H20N2O6S. The maximum Gasteiger partial charge on any atom is 0.322 e. The summed E-state index contributed by atoms with van der Waals surface area (Å²) in [6.07, 6.45) is 1.49. The second-order valence-corrected chi connectivity index (χ2v) is 6.57. The molecule has 1 heterocycles. The SMILES string of the molecule is CC(CO)(CO)NS(=O)(=O)N1CCCCC1C(=O)O. The van der Waals surface area contributed by atoms with Crippen LogP contribution in [0.2, 0.25) is 0 Å². The fourth-order valence-corrected chi connectivity index (χ4v) is 3.69. The predicted molar refractivity (Wildman–Crippen MR) is 66.6 cm³/mol. The number of carbonyl (C=O) groups is 1. The van der Waals surface area contributed by atoms with Gasteiger partial charge in [-0.3, -0.25) is 4.79 Å². The Morgan fingerprint density at radius 3 is 2.42 bits per heavy atom. The van der Waals surface area contributed by atoms with Crippen LogP contribution in [0.15, 0.2) is 0 Å². The highest BCUT2D eigenvalue weighted by atomic mass is 32.2. The smallest absolute Gasteiger partial charge is 0.322 e. The Bertz CT molecular complexity index is 420. The van der Waals surface area contributed by atoms with Crippen molar-refractivity contribution in [1.29, 1.82) is 0 Å². The number of rotatable bonds is 6. The zero-order valence-corrected chi connectivity index (χ0v) is 11.6. The van der Waals surface area contributed by atoms with Crippen LogP contribution in [0.3, 0.4) is 0 Å². The Hall–Kier alpha value is -0.740. The van der Waals surface area contributed by atoms with Crippen LogP contribution in [0.25, 0.3) is 0 Å². The number of aliphatic carboxylic acids is 1. The topological polar surface area (TPSA) is 127 Å². The molecule has 1 aliphatic rings. The minimum absolute atomic E-state index is 0.110. The summed E-state index contributed by atoms with van der Waals surface area (Å²) in [4.78, 5) is 11.1. The fraction of sp³-hybridized carbons (Fsp3) is 0.900. The van der Waals surface area contributed by atoms with Gasteiger partial charge in [-0.1, -0.05) is 0 Å². The molecule has 8 nitrogen and oxygen atoms in total. The Morgan fingerprint density at radius 1 is 1.37 bits per heavy atom. The van der Waals surface area contributed by atoms with Crippen molar-refractivity contribution >= 4 is 16.2 Å². The van der Waals surface area contributed by atoms with Gasteiger partial charge in [0.2, 0.25) is 0 Å². The first-order chi connectivity index (χ1) is 8.75. The number of hydrogen-bond donors (Lipinski definition) is 4. The summed E-state index contributed by atoms with van der Waals surface area (Å²) in [6, 6.07) is -1.10. The standard InChI is InChI=1S/C10H20N2O6S/c1-10(6-13,7-14)11-19(17,18)12-5-3-2-4-8(12)9(15)16/h8,11,13-14H,2-7H2,1H3,(H,15,16). The molecular weight excluding hydrogens is 276 g/mol. The monoisotopic (exact) mass is 296 g/mol. The summed E-state index contributed by atoms with van der Waals surface area (Å²) in [5, 5.41) is 27.3. The van der Waals surface area contributed by atoms with Crippen LogP contribution >= 0.6 is 0 Å². The molecule has 4 N–H and O–H groups in total. The number of nitrogens with zero attached hydrogens (tertiary/aromatic N) is 1. The Morgan fingerprint density at radius 2 is 1.95 bits per heavy atom. The molecule has 9 heteroatoms. The fourth-order valence-electron chi connectivity index (χ4n) is 1.92. The van der Waals surface area contributed by atoms with Crippen LogP contribution in [0.5, 0.6) is 0 Å². The van der Waals surface area contributed by atoms with Crippen molar-refractivity contribution in [1.82, 2.24) is 9.03 Å². The summed E-state index contributed by atoms with van der Waals surface area (Å²) in [6.45, 7) is 0.270. The number of piperidine rings is 1. The highest BCUT2D eigenvalue weighted by molar-refractivity contribution is 7.87. The van der Waals surface area contributed by atoms with Crippen molar-refractivity contribution in [2.45, 2.75) is 37.8 Å². The van der Waals surface area contributed by atoms with Crippen LogP contribution in [0.1, 0.15) is 26.2 Å². The van der Waals surface area contributed by atoms with Gasteiger partial charge in [0.25, 0.3) is 10.2 Å². The van der Waals surface area contributed by atoms with E-state index in [0.717, 1.165) is 4.31 Å². The molecule has 0 aromatic carbocycles. The molecule has 0 aromatic heterocycles. The van der Waals surface area contributed by atoms with Crippen molar-refractivity contribution in [2.75, 3.05) is 19.8 Å². The molecule has 0 aliphatic carbocycles. The van der Waals surface area contributed by atoms with Gasteiger partial charge in [0.05, 0.1) is 18.8 Å². The lowest BCUT2D eigenvalue weighted by atomic mass is 10.1. The van der Waals surface area contributed by atoms with Crippen LogP contribution in [0.4, 0.5) is 0 Å². The van der Waals surface area contributed by atoms with E-state index < -0.39 is 41.0 Å².